The van der Waals surface area contributed by atoms with Crippen LogP contribution in [0.2, 0.25) is 0 Å². The first-order valence-electron chi connectivity index (χ1n) is 9.32. The molecule has 1 aromatic heterocycles. The van der Waals surface area contributed by atoms with Crippen molar-refractivity contribution < 1.29 is 14.4 Å². The van der Waals surface area contributed by atoms with E-state index >= 15 is 0 Å². The van der Waals surface area contributed by atoms with Gasteiger partial charge in [-0.15, -0.1) is 11.3 Å². The predicted octanol–water partition coefficient (Wildman–Crippen LogP) is 3.31. The van der Waals surface area contributed by atoms with Gasteiger partial charge in [-0.25, -0.2) is 9.78 Å². The molecule has 148 valence electrons. The van der Waals surface area contributed by atoms with Crippen LogP contribution in [0, 0.1) is 0 Å². The van der Waals surface area contributed by atoms with Crippen LogP contribution in [-0.2, 0) is 21.5 Å². The van der Waals surface area contributed by atoms with Crippen LogP contribution in [0.15, 0.2) is 48.5 Å². The number of thiazole rings is 1. The van der Waals surface area contributed by atoms with E-state index in [2.05, 4.69) is 20.9 Å². The molecule has 1 saturated heterocycles. The van der Waals surface area contributed by atoms with Crippen molar-refractivity contribution in [2.24, 2.45) is 0 Å². The van der Waals surface area contributed by atoms with E-state index in [9.17, 15) is 14.4 Å². The maximum absolute atomic E-state index is 12.3. The summed E-state index contributed by atoms with van der Waals surface area (Å²) in [6.07, 6.45) is 1.81. The second kappa shape index (κ2) is 7.63. The Morgan fingerprint density at radius 2 is 2.00 bits per heavy atom. The number of aromatic nitrogens is 1. The molecule has 3 aromatic rings. The zero-order valence-corrected chi connectivity index (χ0v) is 16.6. The van der Waals surface area contributed by atoms with Crippen molar-refractivity contribution in [1.29, 1.82) is 0 Å². The number of imide groups is 1. The van der Waals surface area contributed by atoms with E-state index in [1.54, 1.807) is 42.5 Å². The lowest BCUT2D eigenvalue weighted by molar-refractivity contribution is -0.123. The summed E-state index contributed by atoms with van der Waals surface area (Å²) in [6, 6.07) is 14.4. The molecule has 1 atom stereocenters. The third-order valence-corrected chi connectivity index (χ3v) is 6.00. The minimum absolute atomic E-state index is 0.103. The van der Waals surface area contributed by atoms with Gasteiger partial charge in [0, 0.05) is 12.1 Å². The fraction of sp³-hybridized carbons (Fsp3) is 0.238. The predicted molar refractivity (Wildman–Crippen MR) is 112 cm³/mol. The van der Waals surface area contributed by atoms with Crippen molar-refractivity contribution in [3.63, 3.8) is 0 Å². The van der Waals surface area contributed by atoms with Gasteiger partial charge in [0.05, 0.1) is 15.2 Å². The number of fused-ring (bicyclic) bond motifs is 1. The minimum Gasteiger partial charge on any atom is -0.326 e. The number of carbonyl (C=O) groups excluding carboxylic acids is 3. The summed E-state index contributed by atoms with van der Waals surface area (Å²) in [5.41, 5.74) is 1.03. The molecule has 0 radical (unpaired) electrons. The third kappa shape index (κ3) is 3.97. The smallest absolute Gasteiger partial charge is 0.322 e. The van der Waals surface area contributed by atoms with Gasteiger partial charge < -0.3 is 10.6 Å². The van der Waals surface area contributed by atoms with Crippen molar-refractivity contribution in [3.8, 4) is 0 Å². The van der Waals surface area contributed by atoms with Crippen molar-refractivity contribution in [2.75, 3.05) is 5.32 Å². The summed E-state index contributed by atoms with van der Waals surface area (Å²) < 4.78 is 1.15. The number of rotatable bonds is 6. The standard InChI is InChI=1S/C21H20N4O3S/c1-21(19(27)24-20(28)25-21)13-6-4-7-14(12-13)22-17(26)10-5-11-18-23-15-8-2-3-9-16(15)29-18/h2-4,6-9,12H,5,10-11H2,1H3,(H,22,26)(H2,24,25,27,28)/t21-/m1/s1. The first-order valence-corrected chi connectivity index (χ1v) is 10.1. The third-order valence-electron chi connectivity index (χ3n) is 4.90. The molecule has 29 heavy (non-hydrogen) atoms. The molecule has 7 nitrogen and oxygen atoms in total. The molecule has 1 aliphatic heterocycles. The molecule has 0 aliphatic carbocycles. The zero-order valence-electron chi connectivity index (χ0n) is 15.8. The van der Waals surface area contributed by atoms with E-state index in [4.69, 9.17) is 0 Å². The number of aryl methyl sites for hydroxylation is 1. The lowest BCUT2D eigenvalue weighted by atomic mass is 9.92. The Hall–Kier alpha value is -3.26. The monoisotopic (exact) mass is 408 g/mol. The highest BCUT2D eigenvalue weighted by molar-refractivity contribution is 7.18. The van der Waals surface area contributed by atoms with Crippen LogP contribution in [0.25, 0.3) is 10.2 Å². The number of nitrogens with one attached hydrogen (secondary N) is 3. The normalized spacial score (nSPS) is 18.5. The molecule has 2 aromatic carbocycles. The molecule has 0 unspecified atom stereocenters. The lowest BCUT2D eigenvalue weighted by Gasteiger charge is -2.21. The van der Waals surface area contributed by atoms with Crippen LogP contribution < -0.4 is 16.0 Å². The average molecular weight is 408 g/mol. The fourth-order valence-corrected chi connectivity index (χ4v) is 4.31. The van der Waals surface area contributed by atoms with Crippen LogP contribution in [0.3, 0.4) is 0 Å². The van der Waals surface area contributed by atoms with Crippen molar-refractivity contribution >= 4 is 45.1 Å². The van der Waals surface area contributed by atoms with Gasteiger partial charge >= 0.3 is 6.03 Å². The van der Waals surface area contributed by atoms with Crippen LogP contribution >= 0.6 is 11.3 Å². The van der Waals surface area contributed by atoms with E-state index in [1.807, 2.05) is 24.3 Å². The summed E-state index contributed by atoms with van der Waals surface area (Å²) in [5, 5.41) is 8.75. The van der Waals surface area contributed by atoms with Gasteiger partial charge in [-0.3, -0.25) is 14.9 Å². The number of carbonyl (C=O) groups is 3. The van der Waals surface area contributed by atoms with Gasteiger partial charge in [0.1, 0.15) is 5.54 Å². The molecule has 2 heterocycles. The number of amides is 4. The number of benzene rings is 2. The molecule has 1 aliphatic rings. The molecule has 8 heteroatoms. The SMILES string of the molecule is C[C@]1(c2cccc(NC(=O)CCCc3nc4ccccc4s3)c2)NC(=O)NC1=O. The Kier molecular flexibility index (Phi) is 5.02. The number of para-hydroxylation sites is 1. The highest BCUT2D eigenvalue weighted by atomic mass is 32.1. The number of urea groups is 1. The number of hydrogen-bond donors (Lipinski definition) is 3. The Morgan fingerprint density at radius 1 is 1.17 bits per heavy atom. The van der Waals surface area contributed by atoms with Crippen molar-refractivity contribution in [2.45, 2.75) is 31.7 Å². The maximum Gasteiger partial charge on any atom is 0.322 e. The molecule has 0 spiro atoms. The van der Waals surface area contributed by atoms with E-state index in [0.29, 0.717) is 24.1 Å². The minimum atomic E-state index is -1.15. The first-order chi connectivity index (χ1) is 13.9. The van der Waals surface area contributed by atoms with E-state index in [1.165, 1.54) is 0 Å². The molecular weight excluding hydrogens is 388 g/mol. The summed E-state index contributed by atoms with van der Waals surface area (Å²) in [5.74, 6) is -0.518. The summed E-state index contributed by atoms with van der Waals surface area (Å²) in [6.45, 7) is 1.63. The lowest BCUT2D eigenvalue weighted by Crippen LogP contribution is -2.40. The summed E-state index contributed by atoms with van der Waals surface area (Å²) in [4.78, 5) is 40.5. The van der Waals surface area contributed by atoms with E-state index in [0.717, 1.165) is 21.6 Å². The highest BCUT2D eigenvalue weighted by Crippen LogP contribution is 2.27. The fourth-order valence-electron chi connectivity index (χ4n) is 3.30. The van der Waals surface area contributed by atoms with E-state index < -0.39 is 17.5 Å². The second-order valence-corrected chi connectivity index (χ2v) is 8.21. The number of nitrogens with zero attached hydrogens (tertiary/aromatic N) is 1. The molecule has 1 fully saturated rings. The van der Waals surface area contributed by atoms with Gasteiger partial charge in [0.2, 0.25) is 5.91 Å². The zero-order chi connectivity index (χ0) is 20.4. The van der Waals surface area contributed by atoms with Crippen LogP contribution in [0.4, 0.5) is 10.5 Å². The molecule has 4 rings (SSSR count). The van der Waals surface area contributed by atoms with Crippen LogP contribution in [-0.4, -0.2) is 22.8 Å². The quantitative estimate of drug-likeness (QED) is 0.545. The van der Waals surface area contributed by atoms with Gasteiger partial charge in [0.15, 0.2) is 0 Å². The summed E-state index contributed by atoms with van der Waals surface area (Å²) >= 11 is 1.65. The van der Waals surface area contributed by atoms with Crippen molar-refractivity contribution in [3.05, 3.63) is 59.1 Å². The Morgan fingerprint density at radius 3 is 2.76 bits per heavy atom. The molecule has 0 saturated carbocycles. The second-order valence-electron chi connectivity index (χ2n) is 7.09. The highest BCUT2D eigenvalue weighted by Gasteiger charge is 2.43. The van der Waals surface area contributed by atoms with Crippen LogP contribution in [0.1, 0.15) is 30.3 Å². The van der Waals surface area contributed by atoms with Gasteiger partial charge in [-0.1, -0.05) is 24.3 Å². The Balaban J connectivity index is 1.35. The van der Waals surface area contributed by atoms with Gasteiger partial charge in [-0.05, 0) is 49.6 Å². The molecule has 0 bridgehead atoms. The number of hydrogen-bond acceptors (Lipinski definition) is 5. The van der Waals surface area contributed by atoms with Crippen LogP contribution in [0.5, 0.6) is 0 Å². The van der Waals surface area contributed by atoms with Gasteiger partial charge in [0.25, 0.3) is 5.91 Å². The Bertz CT molecular complexity index is 1080. The first kappa shape index (κ1) is 19.1. The topological polar surface area (TPSA) is 100 Å². The largest absolute Gasteiger partial charge is 0.326 e. The molecule has 3 N–H and O–H groups in total. The van der Waals surface area contributed by atoms with E-state index in [-0.39, 0.29) is 5.91 Å². The molecule has 4 amide bonds. The molecular formula is C21H20N4O3S. The van der Waals surface area contributed by atoms with Gasteiger partial charge in [-0.2, -0.15) is 0 Å². The summed E-state index contributed by atoms with van der Waals surface area (Å²) in [7, 11) is 0. The number of anilines is 1. The van der Waals surface area contributed by atoms with Crippen molar-refractivity contribution in [1.82, 2.24) is 15.6 Å². The Labute approximate surface area is 171 Å². The average Bonchev–Trinajstić information content (AvgIpc) is 3.22. The maximum atomic E-state index is 12.3.